The molecule has 6 nitrogen and oxygen atoms in total. The zero-order valence-corrected chi connectivity index (χ0v) is 22.8. The Hall–Kier alpha value is -3.53. The fourth-order valence-corrected chi connectivity index (χ4v) is 5.96. The Morgan fingerprint density at radius 1 is 0.947 bits per heavy atom. The maximum atomic E-state index is 13.9. The fraction of sp³-hybridized carbons (Fsp3) is 0.355. The molecule has 7 heteroatoms. The summed E-state index contributed by atoms with van der Waals surface area (Å²) in [5.41, 5.74) is 6.49. The van der Waals surface area contributed by atoms with Crippen molar-refractivity contribution in [1.82, 2.24) is 10.2 Å². The number of hydrogen-bond donors (Lipinski definition) is 1. The summed E-state index contributed by atoms with van der Waals surface area (Å²) in [5.74, 6) is 0.0568. The Labute approximate surface area is 230 Å². The number of anilines is 3. The maximum absolute atomic E-state index is 13.9. The van der Waals surface area contributed by atoms with Crippen LogP contribution in [-0.4, -0.2) is 56.1 Å². The van der Waals surface area contributed by atoms with Crippen LogP contribution in [0.3, 0.4) is 0 Å². The standard InChI is InChI=1S/C31H34ClN5O/c1-22-19-23(2)30(37(25-11-13-34-14-12-25)29-10-6-4-8-27(29)32)20-26(22)31(38)36-17-15-35(16-18-36)28-9-5-3-7-24(28)21-33/h3-10,19-20,25,34H,11-18H2,1-2H3. The number of benzene rings is 3. The van der Waals surface area contributed by atoms with Crippen LogP contribution in [0.4, 0.5) is 17.1 Å². The quantitative estimate of drug-likeness (QED) is 0.462. The molecular formula is C31H34ClN5O. The first-order valence-electron chi connectivity index (χ1n) is 13.4. The van der Waals surface area contributed by atoms with Crippen LogP contribution in [0.15, 0.2) is 60.7 Å². The summed E-state index contributed by atoms with van der Waals surface area (Å²) in [7, 11) is 0. The number of aryl methyl sites for hydroxylation is 2. The van der Waals surface area contributed by atoms with E-state index in [9.17, 15) is 10.1 Å². The molecule has 196 valence electrons. The topological polar surface area (TPSA) is 62.6 Å². The molecule has 3 aromatic rings. The van der Waals surface area contributed by atoms with Crippen LogP contribution in [0, 0.1) is 25.2 Å². The van der Waals surface area contributed by atoms with Gasteiger partial charge in [-0.15, -0.1) is 0 Å². The number of nitrogens with zero attached hydrogens (tertiary/aromatic N) is 4. The van der Waals surface area contributed by atoms with Crippen LogP contribution in [0.1, 0.15) is 39.9 Å². The summed E-state index contributed by atoms with van der Waals surface area (Å²) in [6.45, 7) is 8.68. The zero-order chi connectivity index (χ0) is 26.6. The molecule has 5 rings (SSSR count). The SMILES string of the molecule is Cc1cc(C)c(N(c2ccccc2Cl)C2CCNCC2)cc1C(=O)N1CCN(c2ccccc2C#N)CC1. The van der Waals surface area contributed by atoms with Gasteiger partial charge in [0.25, 0.3) is 5.91 Å². The molecule has 0 atom stereocenters. The lowest BCUT2D eigenvalue weighted by atomic mass is 9.97. The summed E-state index contributed by atoms with van der Waals surface area (Å²) in [6.07, 6.45) is 2.02. The zero-order valence-electron chi connectivity index (χ0n) is 22.1. The number of amides is 1. The number of piperidine rings is 1. The van der Waals surface area contributed by atoms with Gasteiger partial charge in [-0.1, -0.05) is 41.9 Å². The van der Waals surface area contributed by atoms with Gasteiger partial charge >= 0.3 is 0 Å². The molecule has 2 heterocycles. The second kappa shape index (κ2) is 11.5. The average molecular weight is 528 g/mol. The van der Waals surface area contributed by atoms with Gasteiger partial charge in [-0.25, -0.2) is 0 Å². The van der Waals surface area contributed by atoms with Gasteiger partial charge in [-0.2, -0.15) is 5.26 Å². The molecule has 2 aliphatic heterocycles. The molecule has 1 amide bonds. The lowest BCUT2D eigenvalue weighted by Crippen LogP contribution is -2.49. The minimum atomic E-state index is 0.0568. The van der Waals surface area contributed by atoms with Gasteiger partial charge in [0.15, 0.2) is 0 Å². The lowest BCUT2D eigenvalue weighted by molar-refractivity contribution is 0.0746. The van der Waals surface area contributed by atoms with Crippen molar-refractivity contribution >= 4 is 34.6 Å². The molecule has 0 bridgehead atoms. The van der Waals surface area contributed by atoms with E-state index in [0.29, 0.717) is 42.8 Å². The summed E-state index contributed by atoms with van der Waals surface area (Å²) in [4.78, 5) is 20.3. The largest absolute Gasteiger partial charge is 0.367 e. The van der Waals surface area contributed by atoms with E-state index in [1.165, 1.54) is 0 Å². The van der Waals surface area contributed by atoms with E-state index in [1.54, 1.807) is 0 Å². The van der Waals surface area contributed by atoms with Crippen molar-refractivity contribution in [3.63, 3.8) is 0 Å². The molecule has 3 aromatic carbocycles. The van der Waals surface area contributed by atoms with Gasteiger partial charge in [-0.3, -0.25) is 4.79 Å². The van der Waals surface area contributed by atoms with Gasteiger partial charge in [0.2, 0.25) is 0 Å². The van der Waals surface area contributed by atoms with E-state index in [4.69, 9.17) is 11.6 Å². The molecular weight excluding hydrogens is 494 g/mol. The van der Waals surface area contributed by atoms with E-state index in [0.717, 1.165) is 59.7 Å². The lowest BCUT2D eigenvalue weighted by Gasteiger charge is -2.39. The van der Waals surface area contributed by atoms with Crippen LogP contribution in [0.25, 0.3) is 0 Å². The van der Waals surface area contributed by atoms with E-state index in [2.05, 4.69) is 46.3 Å². The maximum Gasteiger partial charge on any atom is 0.254 e. The first-order chi connectivity index (χ1) is 18.5. The Bertz CT molecular complexity index is 1350. The number of para-hydroxylation sites is 2. The number of nitriles is 1. The number of rotatable bonds is 5. The Kier molecular flexibility index (Phi) is 7.87. The van der Waals surface area contributed by atoms with Crippen molar-refractivity contribution in [1.29, 1.82) is 5.26 Å². The number of hydrogen-bond acceptors (Lipinski definition) is 5. The van der Waals surface area contributed by atoms with Crippen molar-refractivity contribution in [2.45, 2.75) is 32.7 Å². The highest BCUT2D eigenvalue weighted by molar-refractivity contribution is 6.33. The molecule has 2 aliphatic rings. The second-order valence-electron chi connectivity index (χ2n) is 10.2. The van der Waals surface area contributed by atoms with Crippen LogP contribution in [0.5, 0.6) is 0 Å². The monoisotopic (exact) mass is 527 g/mol. The molecule has 2 fully saturated rings. The Morgan fingerprint density at radius 3 is 2.34 bits per heavy atom. The van der Waals surface area contributed by atoms with Gasteiger partial charge in [0, 0.05) is 43.5 Å². The summed E-state index contributed by atoms with van der Waals surface area (Å²) in [6, 6.07) is 22.4. The molecule has 38 heavy (non-hydrogen) atoms. The van der Waals surface area contributed by atoms with Gasteiger partial charge in [-0.05, 0) is 81.2 Å². The van der Waals surface area contributed by atoms with E-state index >= 15 is 0 Å². The molecule has 0 aliphatic carbocycles. The first kappa shape index (κ1) is 26.1. The third-order valence-electron chi connectivity index (χ3n) is 7.75. The Balaban J connectivity index is 1.43. The summed E-state index contributed by atoms with van der Waals surface area (Å²) < 4.78 is 0. The minimum Gasteiger partial charge on any atom is -0.367 e. The highest BCUT2D eigenvalue weighted by Crippen LogP contribution is 2.39. The number of carbonyl (C=O) groups is 1. The Morgan fingerprint density at radius 2 is 1.63 bits per heavy atom. The predicted molar refractivity (Wildman–Crippen MR) is 155 cm³/mol. The average Bonchev–Trinajstić information content (AvgIpc) is 2.95. The van der Waals surface area contributed by atoms with Crippen molar-refractivity contribution in [2.24, 2.45) is 0 Å². The first-order valence-corrected chi connectivity index (χ1v) is 13.7. The van der Waals surface area contributed by atoms with Crippen molar-refractivity contribution < 1.29 is 4.79 Å². The van der Waals surface area contributed by atoms with Crippen LogP contribution >= 0.6 is 11.6 Å². The van der Waals surface area contributed by atoms with Crippen LogP contribution < -0.4 is 15.1 Å². The van der Waals surface area contributed by atoms with Gasteiger partial charge < -0.3 is 20.0 Å². The van der Waals surface area contributed by atoms with Gasteiger partial charge in [0.1, 0.15) is 6.07 Å². The van der Waals surface area contributed by atoms with Gasteiger partial charge in [0.05, 0.1) is 22.0 Å². The number of carbonyl (C=O) groups excluding carboxylic acids is 1. The third-order valence-corrected chi connectivity index (χ3v) is 8.07. The predicted octanol–water partition coefficient (Wildman–Crippen LogP) is 5.68. The van der Waals surface area contributed by atoms with E-state index < -0.39 is 0 Å². The summed E-state index contributed by atoms with van der Waals surface area (Å²) >= 11 is 6.72. The minimum absolute atomic E-state index is 0.0568. The second-order valence-corrected chi connectivity index (χ2v) is 10.6. The third kappa shape index (κ3) is 5.22. The smallest absolute Gasteiger partial charge is 0.254 e. The molecule has 0 aromatic heterocycles. The highest BCUT2D eigenvalue weighted by Gasteiger charge is 2.29. The summed E-state index contributed by atoms with van der Waals surface area (Å²) in [5, 5.41) is 13.7. The van der Waals surface area contributed by atoms with E-state index in [1.807, 2.05) is 54.3 Å². The highest BCUT2D eigenvalue weighted by atomic mass is 35.5. The molecule has 1 N–H and O–H groups in total. The molecule has 0 radical (unpaired) electrons. The van der Waals surface area contributed by atoms with Crippen LogP contribution in [-0.2, 0) is 0 Å². The number of nitrogens with one attached hydrogen (secondary N) is 1. The fourth-order valence-electron chi connectivity index (χ4n) is 5.73. The molecule has 0 spiro atoms. The van der Waals surface area contributed by atoms with Crippen molar-refractivity contribution in [3.05, 3.63) is 87.9 Å². The molecule has 2 saturated heterocycles. The number of halogens is 1. The van der Waals surface area contributed by atoms with E-state index in [-0.39, 0.29) is 5.91 Å². The number of piperazine rings is 1. The normalized spacial score (nSPS) is 16.3. The van der Waals surface area contributed by atoms with Crippen LogP contribution in [0.2, 0.25) is 5.02 Å². The molecule has 0 saturated carbocycles. The van der Waals surface area contributed by atoms with Crippen molar-refractivity contribution in [3.8, 4) is 6.07 Å². The molecule has 0 unspecified atom stereocenters. The van der Waals surface area contributed by atoms with Crippen molar-refractivity contribution in [2.75, 3.05) is 49.1 Å².